The van der Waals surface area contributed by atoms with Crippen LogP contribution in [-0.2, 0) is 12.0 Å². The third kappa shape index (κ3) is 2.84. The van der Waals surface area contributed by atoms with Crippen LogP contribution in [-0.4, -0.2) is 39.3 Å². The minimum Gasteiger partial charge on any atom is -0.395 e. The molecule has 0 saturated carbocycles. The highest BCUT2D eigenvalue weighted by molar-refractivity contribution is 4.98. The first-order valence-electron chi connectivity index (χ1n) is 6.18. The van der Waals surface area contributed by atoms with Crippen LogP contribution in [0.1, 0.15) is 45.3 Å². The lowest BCUT2D eigenvalue weighted by Gasteiger charge is -2.20. The van der Waals surface area contributed by atoms with Crippen LogP contribution in [0.4, 0.5) is 0 Å². The fourth-order valence-electron chi connectivity index (χ4n) is 2.11. The summed E-state index contributed by atoms with van der Waals surface area (Å²) in [7, 11) is 0. The van der Waals surface area contributed by atoms with Gasteiger partial charge in [-0.2, -0.15) is 4.98 Å². The van der Waals surface area contributed by atoms with Gasteiger partial charge in [-0.25, -0.2) is 0 Å². The molecule has 0 unspecified atom stereocenters. The van der Waals surface area contributed by atoms with Gasteiger partial charge >= 0.3 is 0 Å². The van der Waals surface area contributed by atoms with Gasteiger partial charge in [0.15, 0.2) is 5.82 Å². The summed E-state index contributed by atoms with van der Waals surface area (Å²) in [6.45, 7) is 8.05. The van der Waals surface area contributed by atoms with Crippen molar-refractivity contribution < 1.29 is 9.63 Å². The maximum Gasteiger partial charge on any atom is 0.232 e. The SMILES string of the molecule is CC(C)(C)c1nc(CN2CCC[C@@H]2CO)no1. The van der Waals surface area contributed by atoms with Gasteiger partial charge in [-0.15, -0.1) is 0 Å². The van der Waals surface area contributed by atoms with Gasteiger partial charge in [-0.05, 0) is 19.4 Å². The van der Waals surface area contributed by atoms with Crippen molar-refractivity contribution in [3.8, 4) is 0 Å². The molecule has 0 aromatic carbocycles. The van der Waals surface area contributed by atoms with Crippen LogP contribution in [0, 0.1) is 0 Å². The summed E-state index contributed by atoms with van der Waals surface area (Å²) in [6.07, 6.45) is 2.19. The van der Waals surface area contributed by atoms with Crippen LogP contribution in [0.5, 0.6) is 0 Å². The summed E-state index contributed by atoms with van der Waals surface area (Å²) in [4.78, 5) is 6.63. The largest absolute Gasteiger partial charge is 0.395 e. The zero-order chi connectivity index (χ0) is 12.5. The average Bonchev–Trinajstić information content (AvgIpc) is 2.86. The van der Waals surface area contributed by atoms with E-state index in [0.717, 1.165) is 25.2 Å². The third-order valence-corrected chi connectivity index (χ3v) is 3.16. The molecule has 1 N–H and O–H groups in total. The van der Waals surface area contributed by atoms with Gasteiger partial charge in [0.05, 0.1) is 13.2 Å². The summed E-state index contributed by atoms with van der Waals surface area (Å²) in [5.74, 6) is 1.39. The fraction of sp³-hybridized carbons (Fsp3) is 0.833. The van der Waals surface area contributed by atoms with Crippen molar-refractivity contribution >= 4 is 0 Å². The van der Waals surface area contributed by atoms with Crippen LogP contribution in [0.2, 0.25) is 0 Å². The molecule has 2 heterocycles. The Morgan fingerprint density at radius 3 is 2.82 bits per heavy atom. The highest BCUT2D eigenvalue weighted by Crippen LogP contribution is 2.22. The van der Waals surface area contributed by atoms with E-state index < -0.39 is 0 Å². The predicted molar refractivity (Wildman–Crippen MR) is 63.5 cm³/mol. The molecular formula is C12H21N3O2. The van der Waals surface area contributed by atoms with Crippen molar-refractivity contribution in [3.63, 3.8) is 0 Å². The van der Waals surface area contributed by atoms with Crippen molar-refractivity contribution in [1.29, 1.82) is 0 Å². The summed E-state index contributed by atoms with van der Waals surface area (Å²) < 4.78 is 5.26. The minimum absolute atomic E-state index is 0.105. The van der Waals surface area contributed by atoms with Gasteiger partial charge in [0.2, 0.25) is 5.89 Å². The second-order valence-electron chi connectivity index (χ2n) is 5.71. The predicted octanol–water partition coefficient (Wildman–Crippen LogP) is 1.32. The van der Waals surface area contributed by atoms with Crippen LogP contribution in [0.25, 0.3) is 0 Å². The summed E-state index contributed by atoms with van der Waals surface area (Å²) >= 11 is 0. The second-order valence-corrected chi connectivity index (χ2v) is 5.71. The highest BCUT2D eigenvalue weighted by Gasteiger charge is 2.27. The van der Waals surface area contributed by atoms with Crippen molar-refractivity contribution in [2.45, 2.75) is 51.6 Å². The van der Waals surface area contributed by atoms with Crippen LogP contribution in [0.3, 0.4) is 0 Å². The van der Waals surface area contributed by atoms with Crippen LogP contribution in [0.15, 0.2) is 4.52 Å². The van der Waals surface area contributed by atoms with E-state index in [9.17, 15) is 5.11 Å². The topological polar surface area (TPSA) is 62.4 Å². The first kappa shape index (κ1) is 12.5. The zero-order valence-corrected chi connectivity index (χ0v) is 10.8. The molecule has 2 rings (SSSR count). The van der Waals surface area contributed by atoms with E-state index in [1.165, 1.54) is 0 Å². The van der Waals surface area contributed by atoms with Gasteiger partial charge in [-0.3, -0.25) is 4.90 Å². The minimum atomic E-state index is -0.105. The molecule has 1 aliphatic rings. The maximum atomic E-state index is 9.24. The molecule has 0 aliphatic carbocycles. The maximum absolute atomic E-state index is 9.24. The number of hydrogen-bond donors (Lipinski definition) is 1. The lowest BCUT2D eigenvalue weighted by atomic mass is 9.97. The van der Waals surface area contributed by atoms with Gasteiger partial charge in [-0.1, -0.05) is 25.9 Å². The van der Waals surface area contributed by atoms with E-state index in [2.05, 4.69) is 35.8 Å². The summed E-state index contributed by atoms with van der Waals surface area (Å²) in [5.41, 5.74) is -0.105. The Balaban J connectivity index is 2.02. The molecule has 5 heteroatoms. The third-order valence-electron chi connectivity index (χ3n) is 3.16. The average molecular weight is 239 g/mol. The van der Waals surface area contributed by atoms with E-state index in [0.29, 0.717) is 12.4 Å². The lowest BCUT2D eigenvalue weighted by Crippen LogP contribution is -2.32. The van der Waals surface area contributed by atoms with Crippen molar-refractivity contribution in [1.82, 2.24) is 15.0 Å². The molecule has 5 nitrogen and oxygen atoms in total. The number of likely N-dealkylation sites (tertiary alicyclic amines) is 1. The van der Waals surface area contributed by atoms with Crippen molar-refractivity contribution in [3.05, 3.63) is 11.7 Å². The molecule has 0 bridgehead atoms. The Kier molecular flexibility index (Phi) is 3.49. The summed E-state index contributed by atoms with van der Waals surface area (Å²) in [5, 5.41) is 13.2. The monoisotopic (exact) mass is 239 g/mol. The molecule has 1 atom stereocenters. The molecule has 0 radical (unpaired) electrons. The number of nitrogens with zero attached hydrogens (tertiary/aromatic N) is 3. The van der Waals surface area contributed by atoms with E-state index in [-0.39, 0.29) is 18.1 Å². The van der Waals surface area contributed by atoms with Gasteiger partial charge in [0.1, 0.15) is 0 Å². The fourth-order valence-corrected chi connectivity index (χ4v) is 2.11. The Bertz CT molecular complexity index is 370. The summed E-state index contributed by atoms with van der Waals surface area (Å²) in [6, 6.07) is 0.256. The van der Waals surface area contributed by atoms with Crippen molar-refractivity contribution in [2.75, 3.05) is 13.2 Å². The van der Waals surface area contributed by atoms with E-state index in [1.54, 1.807) is 0 Å². The quantitative estimate of drug-likeness (QED) is 0.862. The first-order valence-corrected chi connectivity index (χ1v) is 6.18. The van der Waals surface area contributed by atoms with E-state index in [4.69, 9.17) is 4.52 Å². The molecule has 0 spiro atoms. The van der Waals surface area contributed by atoms with E-state index in [1.807, 2.05) is 0 Å². The standard InChI is InChI=1S/C12H21N3O2/c1-12(2,3)11-13-10(14-17-11)7-15-6-4-5-9(15)8-16/h9,16H,4-8H2,1-3H3/t9-/m1/s1. The Labute approximate surface area is 102 Å². The number of aliphatic hydroxyl groups excluding tert-OH is 1. The molecule has 1 aromatic heterocycles. The van der Waals surface area contributed by atoms with Crippen molar-refractivity contribution in [2.24, 2.45) is 0 Å². The molecule has 17 heavy (non-hydrogen) atoms. The molecule has 1 saturated heterocycles. The lowest BCUT2D eigenvalue weighted by molar-refractivity contribution is 0.150. The zero-order valence-electron chi connectivity index (χ0n) is 10.8. The molecule has 1 aliphatic heterocycles. The van der Waals surface area contributed by atoms with Crippen LogP contribution >= 0.6 is 0 Å². The number of aromatic nitrogens is 2. The van der Waals surface area contributed by atoms with Gasteiger partial charge < -0.3 is 9.63 Å². The molecule has 96 valence electrons. The second kappa shape index (κ2) is 4.74. The smallest absolute Gasteiger partial charge is 0.232 e. The Morgan fingerprint density at radius 2 is 2.24 bits per heavy atom. The number of aliphatic hydroxyl groups is 1. The Morgan fingerprint density at radius 1 is 1.47 bits per heavy atom. The van der Waals surface area contributed by atoms with E-state index >= 15 is 0 Å². The van der Waals surface area contributed by atoms with Gasteiger partial charge in [0, 0.05) is 11.5 Å². The molecular weight excluding hydrogens is 218 g/mol. The molecule has 1 fully saturated rings. The number of hydrogen-bond acceptors (Lipinski definition) is 5. The normalized spacial score (nSPS) is 22.2. The molecule has 1 aromatic rings. The first-order chi connectivity index (χ1) is 8.00. The Hall–Kier alpha value is -0.940. The molecule has 0 amide bonds. The van der Waals surface area contributed by atoms with Gasteiger partial charge in [0.25, 0.3) is 0 Å². The van der Waals surface area contributed by atoms with Crippen LogP contribution < -0.4 is 0 Å². The number of rotatable bonds is 3. The highest BCUT2D eigenvalue weighted by atomic mass is 16.5.